The minimum atomic E-state index is -3.40. The number of nitrogens with zero attached hydrogens (tertiary/aromatic N) is 1. The Morgan fingerprint density at radius 1 is 1.29 bits per heavy atom. The van der Waals surface area contributed by atoms with E-state index >= 15 is 0 Å². The molecule has 0 fully saturated rings. The number of ether oxygens (including phenoxy) is 1. The molecular formula is C15H19N3O5S. The fraction of sp³-hybridized carbons (Fsp3) is 0.333. The van der Waals surface area contributed by atoms with E-state index in [9.17, 15) is 18.0 Å². The van der Waals surface area contributed by atoms with Gasteiger partial charge in [-0.05, 0) is 12.1 Å². The van der Waals surface area contributed by atoms with Crippen LogP contribution in [0.4, 0.5) is 0 Å². The van der Waals surface area contributed by atoms with Gasteiger partial charge in [0.1, 0.15) is 12.4 Å². The summed E-state index contributed by atoms with van der Waals surface area (Å²) in [6.07, 6.45) is 1.02. The maximum absolute atomic E-state index is 11.5. The van der Waals surface area contributed by atoms with Crippen LogP contribution in [0.25, 0.3) is 0 Å². The van der Waals surface area contributed by atoms with Crippen molar-refractivity contribution in [3.8, 4) is 17.6 Å². The largest absolute Gasteiger partial charge is 0.480 e. The lowest BCUT2D eigenvalue weighted by atomic mass is 10.2. The third-order valence-corrected chi connectivity index (χ3v) is 4.15. The fourth-order valence-corrected chi connectivity index (χ4v) is 1.89. The van der Waals surface area contributed by atoms with E-state index in [1.807, 2.05) is 0 Å². The van der Waals surface area contributed by atoms with E-state index in [2.05, 4.69) is 17.2 Å². The van der Waals surface area contributed by atoms with Crippen LogP contribution in [0.2, 0.25) is 0 Å². The molecular weight excluding hydrogens is 334 g/mol. The first-order chi connectivity index (χ1) is 11.2. The minimum Gasteiger partial charge on any atom is -0.480 e. The summed E-state index contributed by atoms with van der Waals surface area (Å²) in [6, 6.07) is 6.52. The molecule has 0 aliphatic heterocycles. The lowest BCUT2D eigenvalue weighted by Crippen LogP contribution is -2.37. The normalized spacial score (nSPS) is 10.6. The fourth-order valence-electron chi connectivity index (χ4n) is 1.54. The third-order valence-electron chi connectivity index (χ3n) is 2.88. The van der Waals surface area contributed by atoms with Crippen LogP contribution in [0.15, 0.2) is 24.3 Å². The summed E-state index contributed by atoms with van der Waals surface area (Å²) in [5, 5.41) is 2.47. The van der Waals surface area contributed by atoms with Crippen molar-refractivity contribution < 1.29 is 22.7 Å². The summed E-state index contributed by atoms with van der Waals surface area (Å²) in [6.45, 7) is -0.205. The summed E-state index contributed by atoms with van der Waals surface area (Å²) in [5.41, 5.74) is 5.48. The number of amides is 2. The molecule has 0 aliphatic rings. The van der Waals surface area contributed by atoms with Crippen molar-refractivity contribution in [3.05, 3.63) is 29.8 Å². The topological polar surface area (TPSA) is 119 Å². The average Bonchev–Trinajstić information content (AvgIpc) is 2.50. The second kappa shape index (κ2) is 8.90. The first-order valence-corrected chi connectivity index (χ1v) is 8.72. The number of nitrogens with two attached hydrogens (primary N) is 1. The molecule has 1 rings (SSSR count). The second-order valence-electron chi connectivity index (χ2n) is 4.80. The van der Waals surface area contributed by atoms with E-state index in [-0.39, 0.29) is 25.3 Å². The molecule has 0 bridgehead atoms. The Kier molecular flexibility index (Phi) is 7.23. The average molecular weight is 353 g/mol. The highest BCUT2D eigenvalue weighted by Gasteiger charge is 2.14. The Labute approximate surface area is 141 Å². The van der Waals surface area contributed by atoms with E-state index in [4.69, 9.17) is 10.5 Å². The quantitative estimate of drug-likeness (QED) is 0.621. The number of nitrogens with one attached hydrogen (secondary N) is 1. The number of para-hydroxylation sites is 1. The molecule has 0 aromatic heterocycles. The molecule has 0 saturated carbocycles. The van der Waals surface area contributed by atoms with Gasteiger partial charge in [0.05, 0.1) is 24.9 Å². The van der Waals surface area contributed by atoms with Crippen LogP contribution in [0, 0.1) is 11.8 Å². The molecule has 9 heteroatoms. The van der Waals surface area contributed by atoms with Crippen molar-refractivity contribution >= 4 is 21.8 Å². The van der Waals surface area contributed by atoms with Gasteiger partial charge in [0.25, 0.3) is 5.91 Å². The number of hydrogen-bond donors (Lipinski definition) is 2. The molecule has 0 unspecified atom stereocenters. The maximum atomic E-state index is 11.5. The van der Waals surface area contributed by atoms with Crippen LogP contribution in [0.3, 0.4) is 0 Å². The minimum absolute atomic E-state index is 0.0173. The number of hydrogen-bond acceptors (Lipinski definition) is 5. The number of carbonyl (C=O) groups excluding carboxylic acids is 2. The molecule has 24 heavy (non-hydrogen) atoms. The zero-order chi connectivity index (χ0) is 18.2. The van der Waals surface area contributed by atoms with Crippen LogP contribution < -0.4 is 15.8 Å². The molecule has 1 aromatic carbocycles. The lowest BCUT2D eigenvalue weighted by molar-refractivity contribution is -0.120. The summed E-state index contributed by atoms with van der Waals surface area (Å²) in [4.78, 5) is 22.7. The van der Waals surface area contributed by atoms with Crippen molar-refractivity contribution in [3.63, 3.8) is 0 Å². The maximum Gasteiger partial charge on any atom is 0.252 e. The summed E-state index contributed by atoms with van der Waals surface area (Å²) in [7, 11) is -2.09. The van der Waals surface area contributed by atoms with Gasteiger partial charge in [-0.2, -0.15) is 4.31 Å². The van der Waals surface area contributed by atoms with Gasteiger partial charge >= 0.3 is 0 Å². The number of sulfonamides is 1. The second-order valence-corrected chi connectivity index (χ2v) is 6.89. The zero-order valence-electron chi connectivity index (χ0n) is 13.4. The number of benzene rings is 1. The molecule has 0 aliphatic carbocycles. The number of likely N-dealkylation sites (N-methyl/N-ethyl adjacent to an activating group) is 1. The van der Waals surface area contributed by atoms with E-state index in [0.29, 0.717) is 5.75 Å². The standard InChI is InChI=1S/C15H19N3O5S/c1-18(24(2,21)22)11-14(19)17-9-5-6-10-23-13-8-4-3-7-12(13)15(16)20/h3-4,7-8H,9-11H2,1-2H3,(H2,16,20)(H,17,19). The van der Waals surface area contributed by atoms with Crippen LogP contribution in [-0.4, -0.2) is 57.5 Å². The number of rotatable bonds is 7. The molecule has 2 amide bonds. The van der Waals surface area contributed by atoms with E-state index in [1.165, 1.54) is 7.05 Å². The SMILES string of the molecule is CN(CC(=O)NCC#CCOc1ccccc1C(N)=O)S(C)(=O)=O. The molecule has 0 heterocycles. The van der Waals surface area contributed by atoms with Crippen molar-refractivity contribution in [2.24, 2.45) is 5.73 Å². The highest BCUT2D eigenvalue weighted by molar-refractivity contribution is 7.88. The van der Waals surface area contributed by atoms with Crippen LogP contribution in [0.1, 0.15) is 10.4 Å². The third kappa shape index (κ3) is 6.68. The summed E-state index contributed by atoms with van der Waals surface area (Å²) >= 11 is 0. The van der Waals surface area contributed by atoms with Crippen LogP contribution >= 0.6 is 0 Å². The number of primary amides is 1. The van der Waals surface area contributed by atoms with Crippen molar-refractivity contribution in [2.75, 3.05) is 33.0 Å². The van der Waals surface area contributed by atoms with E-state index in [1.54, 1.807) is 24.3 Å². The Morgan fingerprint density at radius 3 is 2.58 bits per heavy atom. The first kappa shape index (κ1) is 19.5. The van der Waals surface area contributed by atoms with Gasteiger partial charge in [0, 0.05) is 7.05 Å². The molecule has 3 N–H and O–H groups in total. The van der Waals surface area contributed by atoms with Crippen molar-refractivity contribution in [2.45, 2.75) is 0 Å². The predicted octanol–water partition coefficient (Wildman–Crippen LogP) is -0.825. The first-order valence-electron chi connectivity index (χ1n) is 6.87. The smallest absolute Gasteiger partial charge is 0.252 e. The molecule has 0 radical (unpaired) electrons. The van der Waals surface area contributed by atoms with E-state index in [0.717, 1.165) is 10.6 Å². The Hall–Kier alpha value is -2.57. The number of carbonyl (C=O) groups is 2. The Bertz CT molecular complexity index is 765. The van der Waals surface area contributed by atoms with Crippen molar-refractivity contribution in [1.29, 1.82) is 0 Å². The van der Waals surface area contributed by atoms with Gasteiger partial charge in [-0.25, -0.2) is 8.42 Å². The lowest BCUT2D eigenvalue weighted by Gasteiger charge is -2.12. The van der Waals surface area contributed by atoms with E-state index < -0.39 is 21.8 Å². The summed E-state index contributed by atoms with van der Waals surface area (Å²) < 4.78 is 28.6. The highest BCUT2D eigenvalue weighted by atomic mass is 32.2. The molecule has 1 aromatic rings. The van der Waals surface area contributed by atoms with Gasteiger partial charge in [-0.1, -0.05) is 24.0 Å². The van der Waals surface area contributed by atoms with Crippen LogP contribution in [0.5, 0.6) is 5.75 Å². The van der Waals surface area contributed by atoms with Gasteiger partial charge in [0.15, 0.2) is 0 Å². The highest BCUT2D eigenvalue weighted by Crippen LogP contribution is 2.16. The molecule has 0 saturated heterocycles. The summed E-state index contributed by atoms with van der Waals surface area (Å²) in [5.74, 6) is 4.60. The van der Waals surface area contributed by atoms with Gasteiger partial charge in [0.2, 0.25) is 15.9 Å². The predicted molar refractivity (Wildman–Crippen MR) is 88.7 cm³/mol. The van der Waals surface area contributed by atoms with Gasteiger partial charge < -0.3 is 15.8 Å². The monoisotopic (exact) mass is 353 g/mol. The van der Waals surface area contributed by atoms with Crippen molar-refractivity contribution in [1.82, 2.24) is 9.62 Å². The molecule has 0 spiro atoms. The van der Waals surface area contributed by atoms with Crippen LogP contribution in [-0.2, 0) is 14.8 Å². The molecule has 0 atom stereocenters. The zero-order valence-corrected chi connectivity index (χ0v) is 14.2. The molecule has 130 valence electrons. The Balaban J connectivity index is 2.39. The van der Waals surface area contributed by atoms with Gasteiger partial charge in [-0.3, -0.25) is 9.59 Å². The van der Waals surface area contributed by atoms with Gasteiger partial charge in [-0.15, -0.1) is 0 Å². The molecule has 8 nitrogen and oxygen atoms in total. The Morgan fingerprint density at radius 2 is 1.96 bits per heavy atom.